The molecule has 176 valence electrons. The van der Waals surface area contributed by atoms with Crippen LogP contribution in [-0.4, -0.2) is 49.1 Å². The van der Waals surface area contributed by atoms with E-state index in [1.807, 2.05) is 6.07 Å². The fraction of sp³-hybridized carbons (Fsp3) is 0.346. The smallest absolute Gasteiger partial charge is 0.156 e. The summed E-state index contributed by atoms with van der Waals surface area (Å²) in [5.41, 5.74) is 2.79. The summed E-state index contributed by atoms with van der Waals surface area (Å²) >= 11 is 0. The number of anilines is 3. The number of nitrogens with one attached hydrogen (secondary N) is 1. The van der Waals surface area contributed by atoms with Crippen molar-refractivity contribution in [2.24, 2.45) is 10.9 Å². The predicted molar refractivity (Wildman–Crippen MR) is 134 cm³/mol. The molecule has 7 nitrogen and oxygen atoms in total. The van der Waals surface area contributed by atoms with Crippen LogP contribution in [-0.2, 0) is 4.74 Å². The van der Waals surface area contributed by atoms with Gasteiger partial charge in [0.2, 0.25) is 0 Å². The fourth-order valence-corrected chi connectivity index (χ4v) is 4.45. The molecule has 1 N–H and O–H groups in total. The Morgan fingerprint density at radius 3 is 2.74 bits per heavy atom. The summed E-state index contributed by atoms with van der Waals surface area (Å²) in [5, 5.41) is 3.86. The van der Waals surface area contributed by atoms with Crippen LogP contribution in [0.3, 0.4) is 0 Å². The van der Waals surface area contributed by atoms with Gasteiger partial charge in [0.1, 0.15) is 24.0 Å². The number of hydrogen-bond acceptors (Lipinski definition) is 7. The van der Waals surface area contributed by atoms with Gasteiger partial charge < -0.3 is 19.7 Å². The minimum absolute atomic E-state index is 0.0408. The molecule has 3 aromatic rings. The maximum Gasteiger partial charge on any atom is 0.156 e. The maximum atomic E-state index is 15.2. The molecule has 1 aromatic heterocycles. The van der Waals surface area contributed by atoms with E-state index in [9.17, 15) is 0 Å². The molecule has 0 spiro atoms. The lowest BCUT2D eigenvalue weighted by Crippen LogP contribution is -2.39. The minimum atomic E-state index is -0.470. The second-order valence-corrected chi connectivity index (χ2v) is 8.72. The van der Waals surface area contributed by atoms with Gasteiger partial charge in [0.15, 0.2) is 5.82 Å². The van der Waals surface area contributed by atoms with Crippen molar-refractivity contribution in [3.8, 4) is 5.75 Å². The second-order valence-electron chi connectivity index (χ2n) is 8.72. The Kier molecular flexibility index (Phi) is 6.15. The normalized spacial score (nSPS) is 16.8. The first kappa shape index (κ1) is 22.3. The zero-order valence-corrected chi connectivity index (χ0v) is 19.3. The van der Waals surface area contributed by atoms with E-state index in [0.717, 1.165) is 24.3 Å². The molecule has 0 radical (unpaired) electrons. The van der Waals surface area contributed by atoms with Gasteiger partial charge in [0.25, 0.3) is 0 Å². The molecule has 34 heavy (non-hydrogen) atoms. The Balaban J connectivity index is 1.59. The summed E-state index contributed by atoms with van der Waals surface area (Å²) < 4.78 is 27.0. The second kappa shape index (κ2) is 9.38. The number of aliphatic imine (C=N–C) groups is 1. The number of halogens is 1. The molecule has 1 unspecified atom stereocenters. The van der Waals surface area contributed by atoms with Crippen molar-refractivity contribution >= 4 is 46.6 Å². The van der Waals surface area contributed by atoms with Crippen LogP contribution in [0.2, 0.25) is 0 Å². The molecule has 3 heterocycles. The van der Waals surface area contributed by atoms with E-state index in [1.54, 1.807) is 12.1 Å². The average molecular weight is 462 g/mol. The van der Waals surface area contributed by atoms with Gasteiger partial charge >= 0.3 is 0 Å². The lowest BCUT2D eigenvalue weighted by atomic mass is 10.0. The highest BCUT2D eigenvalue weighted by Gasteiger charge is 2.28. The van der Waals surface area contributed by atoms with Crippen LogP contribution in [0.15, 0.2) is 42.2 Å². The molecule has 2 saturated heterocycles. The SMILES string of the molecule is C=Cc1c(N=C)ccc(Nc2ncnc3cc(N4CCCC4)cc(OC(C)C4COC4)c23)c1F. The average Bonchev–Trinajstić information content (AvgIpc) is 3.34. The Bertz CT molecular complexity index is 1240. The summed E-state index contributed by atoms with van der Waals surface area (Å²) in [5.74, 6) is 1.01. The van der Waals surface area contributed by atoms with Gasteiger partial charge in [-0.3, -0.25) is 4.99 Å². The van der Waals surface area contributed by atoms with Crippen LogP contribution in [0.25, 0.3) is 17.0 Å². The third-order valence-electron chi connectivity index (χ3n) is 6.58. The summed E-state index contributed by atoms with van der Waals surface area (Å²) in [4.78, 5) is 15.2. The van der Waals surface area contributed by atoms with Gasteiger partial charge in [-0.25, -0.2) is 14.4 Å². The first-order valence-corrected chi connectivity index (χ1v) is 11.6. The van der Waals surface area contributed by atoms with Gasteiger partial charge in [-0.15, -0.1) is 0 Å². The third kappa shape index (κ3) is 4.09. The summed E-state index contributed by atoms with van der Waals surface area (Å²) in [6.07, 6.45) is 5.21. The molecule has 0 bridgehead atoms. The van der Waals surface area contributed by atoms with Crippen molar-refractivity contribution in [1.82, 2.24) is 9.97 Å². The lowest BCUT2D eigenvalue weighted by molar-refractivity contribution is -0.0773. The first-order chi connectivity index (χ1) is 16.6. The molecule has 5 rings (SSSR count). The quantitative estimate of drug-likeness (QED) is 0.447. The van der Waals surface area contributed by atoms with Gasteiger partial charge in [0, 0.05) is 36.3 Å². The summed E-state index contributed by atoms with van der Waals surface area (Å²) in [6, 6.07) is 7.41. The van der Waals surface area contributed by atoms with Gasteiger partial charge in [0.05, 0.1) is 35.5 Å². The van der Waals surface area contributed by atoms with E-state index in [2.05, 4.69) is 51.5 Å². The molecule has 2 aliphatic heterocycles. The molecular weight excluding hydrogens is 433 g/mol. The van der Waals surface area contributed by atoms with E-state index >= 15 is 4.39 Å². The largest absolute Gasteiger partial charge is 0.489 e. The number of rotatable bonds is 8. The van der Waals surface area contributed by atoms with Crippen molar-refractivity contribution in [1.29, 1.82) is 0 Å². The molecule has 0 aliphatic carbocycles. The Labute approximate surface area is 198 Å². The summed E-state index contributed by atoms with van der Waals surface area (Å²) in [6.45, 7) is 12.6. The maximum absolute atomic E-state index is 15.2. The number of benzene rings is 2. The van der Waals surface area contributed by atoms with E-state index in [0.29, 0.717) is 41.8 Å². The van der Waals surface area contributed by atoms with Crippen molar-refractivity contribution in [3.05, 3.63) is 48.6 Å². The topological polar surface area (TPSA) is 71.9 Å². The fourth-order valence-electron chi connectivity index (χ4n) is 4.45. The number of ether oxygens (including phenoxy) is 2. The van der Waals surface area contributed by atoms with Crippen molar-refractivity contribution < 1.29 is 13.9 Å². The molecule has 2 aliphatic rings. The Morgan fingerprint density at radius 2 is 2.06 bits per heavy atom. The van der Waals surface area contributed by atoms with Crippen molar-refractivity contribution in [2.45, 2.75) is 25.9 Å². The molecule has 8 heteroatoms. The van der Waals surface area contributed by atoms with Gasteiger partial charge in [-0.1, -0.05) is 12.7 Å². The summed E-state index contributed by atoms with van der Waals surface area (Å²) in [7, 11) is 0. The van der Waals surface area contributed by atoms with Crippen LogP contribution in [0.5, 0.6) is 5.75 Å². The number of hydrogen-bond donors (Lipinski definition) is 1. The lowest BCUT2D eigenvalue weighted by Gasteiger charge is -2.32. The number of nitrogens with zero attached hydrogens (tertiary/aromatic N) is 4. The van der Waals surface area contributed by atoms with Crippen LogP contribution >= 0.6 is 0 Å². The zero-order valence-electron chi connectivity index (χ0n) is 19.3. The van der Waals surface area contributed by atoms with E-state index in [-0.39, 0.29) is 17.4 Å². The number of aromatic nitrogens is 2. The van der Waals surface area contributed by atoms with Gasteiger partial charge in [-0.05, 0) is 44.7 Å². The standard InChI is InChI=1S/C26H28FN5O2/c1-4-19-20(28-3)7-8-21(25(19)27)31-26-24-22(29-15-30-26)11-18(32-9-5-6-10-32)12-23(24)34-16(2)17-13-33-14-17/h4,7-8,11-12,15-17H,1,3,5-6,9-10,13-14H2,2H3,(H,29,30,31). The molecule has 2 fully saturated rings. The van der Waals surface area contributed by atoms with Crippen LogP contribution in [0, 0.1) is 11.7 Å². The Morgan fingerprint density at radius 1 is 1.26 bits per heavy atom. The molecule has 0 amide bonds. The van der Waals surface area contributed by atoms with Crippen LogP contribution < -0.4 is 15.0 Å². The molecule has 2 aromatic carbocycles. The van der Waals surface area contributed by atoms with E-state index in [1.165, 1.54) is 25.2 Å². The van der Waals surface area contributed by atoms with Gasteiger partial charge in [-0.2, -0.15) is 0 Å². The molecular formula is C26H28FN5O2. The van der Waals surface area contributed by atoms with Crippen LogP contribution in [0.4, 0.5) is 27.3 Å². The highest BCUT2D eigenvalue weighted by atomic mass is 19.1. The number of fused-ring (bicyclic) bond motifs is 1. The highest BCUT2D eigenvalue weighted by molar-refractivity contribution is 5.98. The van der Waals surface area contributed by atoms with Crippen molar-refractivity contribution in [3.63, 3.8) is 0 Å². The third-order valence-corrected chi connectivity index (χ3v) is 6.58. The monoisotopic (exact) mass is 461 g/mol. The molecule has 0 saturated carbocycles. The van der Waals surface area contributed by atoms with Crippen molar-refractivity contribution in [2.75, 3.05) is 36.5 Å². The van der Waals surface area contributed by atoms with E-state index in [4.69, 9.17) is 9.47 Å². The molecule has 1 atom stereocenters. The highest BCUT2D eigenvalue weighted by Crippen LogP contribution is 2.39. The van der Waals surface area contributed by atoms with E-state index < -0.39 is 5.82 Å². The first-order valence-electron chi connectivity index (χ1n) is 11.6. The predicted octanol–water partition coefficient (Wildman–Crippen LogP) is 5.50. The van der Waals surface area contributed by atoms with Crippen LogP contribution in [0.1, 0.15) is 25.3 Å². The minimum Gasteiger partial charge on any atom is -0.489 e. The zero-order chi connectivity index (χ0) is 23.7. The Hall–Kier alpha value is -3.52.